The molecule has 0 spiro atoms. The molecule has 1 aliphatic carbocycles. The van der Waals surface area contributed by atoms with E-state index in [9.17, 15) is 4.79 Å². The molecule has 0 aromatic rings. The zero-order chi connectivity index (χ0) is 15.6. The monoisotopic (exact) mass is 283 g/mol. The second-order valence-electron chi connectivity index (χ2n) is 8.89. The number of alkyl carbamates (subject to hydrolysis) is 1. The summed E-state index contributed by atoms with van der Waals surface area (Å²) in [7, 11) is 0. The lowest BCUT2D eigenvalue weighted by molar-refractivity contribution is 0.0572. The molecule has 3 heteroatoms. The minimum Gasteiger partial charge on any atom is -0.449 e. The standard InChI is InChI=1S/C17H33NO2/c1-8-17(7)10-13(9-16(5,6)11-17)18-14(19)20-12-15(2,3)4/h13H,8-12H2,1-7H3,(H,18,19). The van der Waals surface area contributed by atoms with Gasteiger partial charge in [-0.05, 0) is 35.5 Å². The number of amides is 1. The lowest BCUT2D eigenvalue weighted by Gasteiger charge is -2.46. The zero-order valence-electron chi connectivity index (χ0n) is 14.4. The lowest BCUT2D eigenvalue weighted by atomic mass is 9.62. The molecule has 0 aliphatic heterocycles. The molecule has 1 aliphatic rings. The Morgan fingerprint density at radius 1 is 1.25 bits per heavy atom. The third-order valence-electron chi connectivity index (χ3n) is 4.26. The molecule has 0 heterocycles. The van der Waals surface area contributed by atoms with E-state index in [-0.39, 0.29) is 23.0 Å². The molecule has 20 heavy (non-hydrogen) atoms. The van der Waals surface area contributed by atoms with Gasteiger partial charge >= 0.3 is 6.09 Å². The molecular formula is C17H33NO2. The summed E-state index contributed by atoms with van der Waals surface area (Å²) < 4.78 is 5.33. The Bertz CT molecular complexity index is 343. The molecule has 118 valence electrons. The Morgan fingerprint density at radius 3 is 2.35 bits per heavy atom. The zero-order valence-corrected chi connectivity index (χ0v) is 14.4. The summed E-state index contributed by atoms with van der Waals surface area (Å²) in [6, 6.07) is 0.233. The van der Waals surface area contributed by atoms with Gasteiger partial charge in [-0.2, -0.15) is 0 Å². The van der Waals surface area contributed by atoms with Gasteiger partial charge in [-0.25, -0.2) is 4.79 Å². The van der Waals surface area contributed by atoms with Crippen molar-refractivity contribution in [3.8, 4) is 0 Å². The molecule has 2 unspecified atom stereocenters. The van der Waals surface area contributed by atoms with E-state index in [1.165, 1.54) is 6.42 Å². The van der Waals surface area contributed by atoms with Crippen LogP contribution in [0.4, 0.5) is 4.79 Å². The number of carbonyl (C=O) groups excluding carboxylic acids is 1. The fourth-order valence-electron chi connectivity index (χ4n) is 3.50. The Morgan fingerprint density at radius 2 is 1.85 bits per heavy atom. The van der Waals surface area contributed by atoms with Crippen molar-refractivity contribution in [2.24, 2.45) is 16.2 Å². The molecule has 3 nitrogen and oxygen atoms in total. The number of hydrogen-bond acceptors (Lipinski definition) is 2. The highest BCUT2D eigenvalue weighted by Crippen LogP contribution is 2.47. The van der Waals surface area contributed by atoms with E-state index in [0.717, 1.165) is 19.3 Å². The fraction of sp³-hybridized carbons (Fsp3) is 0.941. The highest BCUT2D eigenvalue weighted by molar-refractivity contribution is 5.67. The van der Waals surface area contributed by atoms with Crippen LogP contribution in [0, 0.1) is 16.2 Å². The van der Waals surface area contributed by atoms with Gasteiger partial charge in [0.05, 0.1) is 6.61 Å². The second-order valence-corrected chi connectivity index (χ2v) is 8.89. The van der Waals surface area contributed by atoms with Crippen molar-refractivity contribution in [3.05, 3.63) is 0 Å². The quantitative estimate of drug-likeness (QED) is 0.811. The van der Waals surface area contributed by atoms with Gasteiger partial charge in [-0.15, -0.1) is 0 Å². The number of hydrogen-bond donors (Lipinski definition) is 1. The summed E-state index contributed by atoms with van der Waals surface area (Å²) in [5, 5.41) is 3.08. The summed E-state index contributed by atoms with van der Waals surface area (Å²) in [5.41, 5.74) is 0.621. The highest BCUT2D eigenvalue weighted by atomic mass is 16.5. The number of ether oxygens (including phenoxy) is 1. The molecule has 0 bridgehead atoms. The van der Waals surface area contributed by atoms with Crippen LogP contribution >= 0.6 is 0 Å². The fourth-order valence-corrected chi connectivity index (χ4v) is 3.50. The maximum Gasteiger partial charge on any atom is 0.407 e. The van der Waals surface area contributed by atoms with E-state index in [1.54, 1.807) is 0 Å². The first kappa shape index (κ1) is 17.3. The van der Waals surface area contributed by atoms with E-state index in [4.69, 9.17) is 4.74 Å². The molecule has 1 N–H and O–H groups in total. The minimum atomic E-state index is -0.263. The van der Waals surface area contributed by atoms with Crippen molar-refractivity contribution in [1.29, 1.82) is 0 Å². The third kappa shape index (κ3) is 5.72. The number of rotatable bonds is 3. The molecule has 1 saturated carbocycles. The molecule has 0 radical (unpaired) electrons. The predicted octanol–water partition coefficient (Wildman–Crippen LogP) is 4.75. The summed E-state index contributed by atoms with van der Waals surface area (Å²) in [5.74, 6) is 0. The topological polar surface area (TPSA) is 38.3 Å². The maximum absolute atomic E-state index is 11.9. The molecule has 1 fully saturated rings. The van der Waals surface area contributed by atoms with Gasteiger partial charge in [0.1, 0.15) is 0 Å². The predicted molar refractivity (Wildman–Crippen MR) is 83.8 cm³/mol. The number of carbonyl (C=O) groups is 1. The molecule has 0 saturated heterocycles. The molecule has 1 rings (SSSR count). The maximum atomic E-state index is 11.9. The number of nitrogens with one attached hydrogen (secondary N) is 1. The first-order valence-corrected chi connectivity index (χ1v) is 7.88. The highest BCUT2D eigenvalue weighted by Gasteiger charge is 2.40. The molecular weight excluding hydrogens is 250 g/mol. The van der Waals surface area contributed by atoms with Gasteiger partial charge in [0.2, 0.25) is 0 Å². The average molecular weight is 283 g/mol. The van der Waals surface area contributed by atoms with Gasteiger partial charge in [0.25, 0.3) is 0 Å². The first-order valence-electron chi connectivity index (χ1n) is 7.88. The van der Waals surface area contributed by atoms with Gasteiger partial charge in [-0.3, -0.25) is 0 Å². The smallest absolute Gasteiger partial charge is 0.407 e. The Hall–Kier alpha value is -0.730. The van der Waals surface area contributed by atoms with Gasteiger partial charge < -0.3 is 10.1 Å². The largest absolute Gasteiger partial charge is 0.449 e. The van der Waals surface area contributed by atoms with Gasteiger partial charge in [0, 0.05) is 6.04 Å². The van der Waals surface area contributed by atoms with E-state index >= 15 is 0 Å². The SMILES string of the molecule is CCC1(C)CC(NC(=O)OCC(C)(C)C)CC(C)(C)C1. The summed E-state index contributed by atoms with van der Waals surface area (Å²) in [4.78, 5) is 11.9. The molecule has 2 atom stereocenters. The van der Waals surface area contributed by atoms with Crippen LogP contribution in [0.5, 0.6) is 0 Å². The normalized spacial score (nSPS) is 29.9. The van der Waals surface area contributed by atoms with Crippen molar-refractivity contribution in [1.82, 2.24) is 5.32 Å². The van der Waals surface area contributed by atoms with Crippen molar-refractivity contribution in [2.75, 3.05) is 6.61 Å². The minimum absolute atomic E-state index is 0.0150. The molecule has 0 aromatic carbocycles. The summed E-state index contributed by atoms with van der Waals surface area (Å²) >= 11 is 0. The van der Waals surface area contributed by atoms with Crippen molar-refractivity contribution in [3.63, 3.8) is 0 Å². The van der Waals surface area contributed by atoms with Crippen LogP contribution < -0.4 is 5.32 Å². The van der Waals surface area contributed by atoms with Gasteiger partial charge in [-0.1, -0.05) is 54.9 Å². The summed E-state index contributed by atoms with van der Waals surface area (Å²) in [6.07, 6.45) is 4.21. The van der Waals surface area contributed by atoms with E-state index < -0.39 is 0 Å². The van der Waals surface area contributed by atoms with Crippen molar-refractivity contribution >= 4 is 6.09 Å². The van der Waals surface area contributed by atoms with Crippen LogP contribution in [-0.2, 0) is 4.74 Å². The average Bonchev–Trinajstić information content (AvgIpc) is 2.22. The lowest BCUT2D eigenvalue weighted by Crippen LogP contribution is -2.47. The summed E-state index contributed by atoms with van der Waals surface area (Å²) in [6.45, 7) is 15.8. The van der Waals surface area contributed by atoms with Crippen LogP contribution in [0.2, 0.25) is 0 Å². The van der Waals surface area contributed by atoms with Crippen LogP contribution in [-0.4, -0.2) is 18.7 Å². The molecule has 1 amide bonds. The van der Waals surface area contributed by atoms with Crippen molar-refractivity contribution in [2.45, 2.75) is 80.2 Å². The van der Waals surface area contributed by atoms with E-state index in [2.05, 4.69) is 53.8 Å². The Balaban J connectivity index is 2.56. The van der Waals surface area contributed by atoms with E-state index in [1.807, 2.05) is 0 Å². The van der Waals surface area contributed by atoms with Crippen LogP contribution in [0.3, 0.4) is 0 Å². The third-order valence-corrected chi connectivity index (χ3v) is 4.26. The second kappa shape index (κ2) is 5.95. The van der Waals surface area contributed by atoms with Crippen molar-refractivity contribution < 1.29 is 9.53 Å². The van der Waals surface area contributed by atoms with E-state index in [0.29, 0.717) is 12.0 Å². The first-order chi connectivity index (χ1) is 8.95. The Kier molecular flexibility index (Phi) is 5.15. The van der Waals surface area contributed by atoms with Crippen LogP contribution in [0.15, 0.2) is 0 Å². The van der Waals surface area contributed by atoms with Crippen LogP contribution in [0.25, 0.3) is 0 Å². The Labute approximate surface area is 124 Å². The van der Waals surface area contributed by atoms with Crippen LogP contribution in [0.1, 0.15) is 74.1 Å². The molecule has 0 aromatic heterocycles. The van der Waals surface area contributed by atoms with Gasteiger partial charge in [0.15, 0.2) is 0 Å².